The summed E-state index contributed by atoms with van der Waals surface area (Å²) in [5.41, 5.74) is 2.62. The standard InChI is InChI=1S/C18H17FO3/c1-12(9-18(20)22-3)13-7-8-17(19)16(11-13)14-5-4-6-15(10-14)21-2/h4-11H,1-3H3/b12-9+. The average molecular weight is 300 g/mol. The van der Waals surface area contributed by atoms with Crippen LogP contribution in [0.3, 0.4) is 0 Å². The van der Waals surface area contributed by atoms with E-state index in [1.54, 1.807) is 44.4 Å². The van der Waals surface area contributed by atoms with E-state index in [9.17, 15) is 9.18 Å². The Hall–Kier alpha value is -2.62. The third kappa shape index (κ3) is 3.52. The van der Waals surface area contributed by atoms with Gasteiger partial charge >= 0.3 is 5.97 Å². The molecule has 2 aromatic carbocycles. The number of hydrogen-bond acceptors (Lipinski definition) is 3. The van der Waals surface area contributed by atoms with Crippen LogP contribution in [0.5, 0.6) is 5.75 Å². The maximum atomic E-state index is 14.1. The van der Waals surface area contributed by atoms with E-state index in [2.05, 4.69) is 4.74 Å². The minimum absolute atomic E-state index is 0.331. The van der Waals surface area contributed by atoms with E-state index in [-0.39, 0.29) is 5.82 Å². The molecule has 0 unspecified atom stereocenters. The van der Waals surface area contributed by atoms with Gasteiger partial charge in [0.15, 0.2) is 0 Å². The first-order valence-corrected chi connectivity index (χ1v) is 6.75. The van der Waals surface area contributed by atoms with Crippen molar-refractivity contribution in [3.05, 3.63) is 59.9 Å². The van der Waals surface area contributed by atoms with Gasteiger partial charge in [-0.1, -0.05) is 18.2 Å². The molecule has 0 aliphatic rings. The van der Waals surface area contributed by atoms with Gasteiger partial charge in [0.1, 0.15) is 11.6 Å². The zero-order valence-electron chi connectivity index (χ0n) is 12.7. The number of carbonyl (C=O) groups excluding carboxylic acids is 1. The highest BCUT2D eigenvalue weighted by molar-refractivity contribution is 5.91. The van der Waals surface area contributed by atoms with Crippen LogP contribution in [0.15, 0.2) is 48.5 Å². The van der Waals surface area contributed by atoms with Crippen LogP contribution in [0.25, 0.3) is 16.7 Å². The van der Waals surface area contributed by atoms with Crippen molar-refractivity contribution < 1.29 is 18.7 Å². The predicted octanol–water partition coefficient (Wildman–Crippen LogP) is 4.08. The third-order valence-corrected chi connectivity index (χ3v) is 3.34. The highest BCUT2D eigenvalue weighted by atomic mass is 19.1. The molecule has 3 nitrogen and oxygen atoms in total. The van der Waals surface area contributed by atoms with Crippen LogP contribution in [0.2, 0.25) is 0 Å². The van der Waals surface area contributed by atoms with E-state index in [0.29, 0.717) is 22.4 Å². The summed E-state index contributed by atoms with van der Waals surface area (Å²) in [4.78, 5) is 11.3. The minimum Gasteiger partial charge on any atom is -0.497 e. The molecule has 0 aliphatic carbocycles. The van der Waals surface area contributed by atoms with Crippen molar-refractivity contribution in [1.29, 1.82) is 0 Å². The first-order valence-electron chi connectivity index (χ1n) is 6.75. The fourth-order valence-corrected chi connectivity index (χ4v) is 2.10. The molecule has 0 saturated carbocycles. The Morgan fingerprint density at radius 1 is 1.14 bits per heavy atom. The predicted molar refractivity (Wildman–Crippen MR) is 84.1 cm³/mol. The van der Waals surface area contributed by atoms with Crippen molar-refractivity contribution in [2.24, 2.45) is 0 Å². The molecular formula is C18H17FO3. The van der Waals surface area contributed by atoms with Crippen molar-refractivity contribution in [1.82, 2.24) is 0 Å². The second kappa shape index (κ2) is 6.89. The summed E-state index contributed by atoms with van der Waals surface area (Å²) in [5.74, 6) is -0.114. The molecule has 0 saturated heterocycles. The lowest BCUT2D eigenvalue weighted by Crippen LogP contribution is -1.96. The fraction of sp³-hybridized carbons (Fsp3) is 0.167. The molecule has 0 amide bonds. The smallest absolute Gasteiger partial charge is 0.330 e. The Morgan fingerprint density at radius 3 is 2.59 bits per heavy atom. The van der Waals surface area contributed by atoms with Crippen LogP contribution < -0.4 is 4.74 Å². The van der Waals surface area contributed by atoms with Crippen LogP contribution in [-0.2, 0) is 9.53 Å². The summed E-state index contributed by atoms with van der Waals surface area (Å²) in [5, 5.41) is 0. The molecule has 0 radical (unpaired) electrons. The monoisotopic (exact) mass is 300 g/mol. The average Bonchev–Trinajstić information content (AvgIpc) is 2.55. The van der Waals surface area contributed by atoms with Gasteiger partial charge in [0.25, 0.3) is 0 Å². The van der Waals surface area contributed by atoms with Gasteiger partial charge in [0.2, 0.25) is 0 Å². The maximum absolute atomic E-state index is 14.1. The largest absolute Gasteiger partial charge is 0.497 e. The lowest BCUT2D eigenvalue weighted by molar-refractivity contribution is -0.134. The lowest BCUT2D eigenvalue weighted by atomic mass is 9.99. The SMILES string of the molecule is COC(=O)/C=C(\C)c1ccc(F)c(-c2cccc(OC)c2)c1. The Bertz CT molecular complexity index is 720. The highest BCUT2D eigenvalue weighted by Gasteiger charge is 2.09. The number of rotatable bonds is 4. The first kappa shape index (κ1) is 15.8. The van der Waals surface area contributed by atoms with Crippen molar-refractivity contribution in [2.45, 2.75) is 6.92 Å². The molecular weight excluding hydrogens is 283 g/mol. The molecule has 0 fully saturated rings. The van der Waals surface area contributed by atoms with Gasteiger partial charge in [-0.3, -0.25) is 0 Å². The Morgan fingerprint density at radius 2 is 1.91 bits per heavy atom. The molecule has 0 atom stereocenters. The normalized spacial score (nSPS) is 11.2. The van der Waals surface area contributed by atoms with Gasteiger partial charge in [0, 0.05) is 11.6 Å². The van der Waals surface area contributed by atoms with Gasteiger partial charge in [-0.2, -0.15) is 0 Å². The van der Waals surface area contributed by atoms with E-state index in [0.717, 1.165) is 5.56 Å². The van der Waals surface area contributed by atoms with Crippen LogP contribution >= 0.6 is 0 Å². The van der Waals surface area contributed by atoms with E-state index >= 15 is 0 Å². The third-order valence-electron chi connectivity index (χ3n) is 3.34. The zero-order valence-corrected chi connectivity index (χ0v) is 12.7. The summed E-state index contributed by atoms with van der Waals surface area (Å²) < 4.78 is 23.9. The first-order chi connectivity index (χ1) is 10.5. The van der Waals surface area contributed by atoms with E-state index in [4.69, 9.17) is 4.74 Å². The van der Waals surface area contributed by atoms with Crippen LogP contribution in [0.4, 0.5) is 4.39 Å². The van der Waals surface area contributed by atoms with Gasteiger partial charge in [-0.15, -0.1) is 0 Å². The number of carbonyl (C=O) groups is 1. The van der Waals surface area contributed by atoms with Crippen molar-refractivity contribution in [3.63, 3.8) is 0 Å². The van der Waals surface area contributed by atoms with Gasteiger partial charge in [-0.25, -0.2) is 9.18 Å². The molecule has 0 aliphatic heterocycles. The summed E-state index contributed by atoms with van der Waals surface area (Å²) in [7, 11) is 2.88. The maximum Gasteiger partial charge on any atom is 0.330 e. The second-order valence-corrected chi connectivity index (χ2v) is 4.78. The lowest BCUT2D eigenvalue weighted by Gasteiger charge is -2.09. The summed E-state index contributed by atoms with van der Waals surface area (Å²) in [6.07, 6.45) is 1.38. The van der Waals surface area contributed by atoms with Gasteiger partial charge in [-0.05, 0) is 47.9 Å². The van der Waals surface area contributed by atoms with Gasteiger partial charge in [0.05, 0.1) is 14.2 Å². The number of allylic oxidation sites excluding steroid dienone is 1. The Labute approximate surface area is 129 Å². The number of benzene rings is 2. The second-order valence-electron chi connectivity index (χ2n) is 4.78. The quantitative estimate of drug-likeness (QED) is 0.630. The minimum atomic E-state index is -0.440. The van der Waals surface area contributed by atoms with Gasteiger partial charge < -0.3 is 9.47 Å². The van der Waals surface area contributed by atoms with E-state index < -0.39 is 5.97 Å². The molecule has 0 heterocycles. The highest BCUT2D eigenvalue weighted by Crippen LogP contribution is 2.29. The molecule has 0 spiro atoms. The Kier molecular flexibility index (Phi) is 4.94. The molecule has 114 valence electrons. The summed E-state index contributed by atoms with van der Waals surface area (Å²) >= 11 is 0. The topological polar surface area (TPSA) is 35.5 Å². The molecule has 22 heavy (non-hydrogen) atoms. The summed E-state index contributed by atoms with van der Waals surface area (Å²) in [6, 6.07) is 11.9. The molecule has 2 aromatic rings. The van der Waals surface area contributed by atoms with Crippen LogP contribution in [-0.4, -0.2) is 20.2 Å². The van der Waals surface area contributed by atoms with Crippen molar-refractivity contribution in [2.75, 3.05) is 14.2 Å². The zero-order chi connectivity index (χ0) is 16.1. The molecule has 4 heteroatoms. The molecule has 0 N–H and O–H groups in total. The molecule has 2 rings (SSSR count). The number of esters is 1. The Balaban J connectivity index is 2.47. The number of halogens is 1. The van der Waals surface area contributed by atoms with Crippen LogP contribution in [0.1, 0.15) is 12.5 Å². The van der Waals surface area contributed by atoms with Crippen molar-refractivity contribution in [3.8, 4) is 16.9 Å². The van der Waals surface area contributed by atoms with E-state index in [1.807, 2.05) is 6.07 Å². The van der Waals surface area contributed by atoms with E-state index in [1.165, 1.54) is 19.3 Å². The molecule has 0 aromatic heterocycles. The van der Waals surface area contributed by atoms with Crippen LogP contribution in [0, 0.1) is 5.82 Å². The molecule has 0 bridgehead atoms. The summed E-state index contributed by atoms with van der Waals surface area (Å²) in [6.45, 7) is 1.78. The number of ether oxygens (including phenoxy) is 2. The number of hydrogen-bond donors (Lipinski definition) is 0. The fourth-order valence-electron chi connectivity index (χ4n) is 2.10. The van der Waals surface area contributed by atoms with Crippen molar-refractivity contribution >= 4 is 11.5 Å². The number of methoxy groups -OCH3 is 2.